The summed E-state index contributed by atoms with van der Waals surface area (Å²) in [7, 11) is 3.15. The summed E-state index contributed by atoms with van der Waals surface area (Å²) in [5.41, 5.74) is 5.16. The van der Waals surface area contributed by atoms with E-state index in [4.69, 9.17) is 14.6 Å². The molecule has 9 heteroatoms. The molecule has 5 rings (SSSR count). The molecule has 0 radical (unpaired) electrons. The molecule has 3 aromatic carbocycles. The van der Waals surface area contributed by atoms with Crippen molar-refractivity contribution in [2.45, 2.75) is 52.4 Å². The number of carbonyl (C=O) groups excluding carboxylic acids is 2. The van der Waals surface area contributed by atoms with Gasteiger partial charge < -0.3 is 19.7 Å². The Labute approximate surface area is 265 Å². The second-order valence-corrected chi connectivity index (χ2v) is 12.7. The van der Waals surface area contributed by atoms with E-state index in [2.05, 4.69) is 37.5 Å². The number of anilines is 2. The molecule has 1 saturated heterocycles. The Morgan fingerprint density at radius 1 is 0.911 bits per heavy atom. The number of methoxy groups -OCH3 is 2. The van der Waals surface area contributed by atoms with E-state index in [1.54, 1.807) is 37.1 Å². The van der Waals surface area contributed by atoms with Gasteiger partial charge in [-0.15, -0.1) is 0 Å². The van der Waals surface area contributed by atoms with Gasteiger partial charge in [-0.05, 0) is 74.1 Å². The molecular formula is C36H43N5O4. The monoisotopic (exact) mass is 609 g/mol. The van der Waals surface area contributed by atoms with Crippen molar-refractivity contribution in [3.63, 3.8) is 0 Å². The number of nitrogens with one attached hydrogen (secondary N) is 2. The Kier molecular flexibility index (Phi) is 9.46. The van der Waals surface area contributed by atoms with Crippen LogP contribution in [0.2, 0.25) is 0 Å². The average Bonchev–Trinajstić information content (AvgIpc) is 3.45. The quantitative estimate of drug-likeness (QED) is 0.220. The molecule has 0 saturated carbocycles. The first kappa shape index (κ1) is 31.6. The number of hydrogen-bond donors (Lipinski definition) is 2. The SMILES string of the molecule is COc1ccc(C(=O)N2CCC(Cc3cccc(NC(=O)Nc4cc(C(C)(C)C)nn4-c4ccc(C)cc4)c3)CC2)c(OC)c1. The number of hydrogen-bond acceptors (Lipinski definition) is 5. The van der Waals surface area contributed by atoms with E-state index in [-0.39, 0.29) is 17.4 Å². The molecule has 45 heavy (non-hydrogen) atoms. The number of carbonyl (C=O) groups is 2. The molecule has 2 N–H and O–H groups in total. The molecule has 1 fully saturated rings. The lowest BCUT2D eigenvalue weighted by Crippen LogP contribution is -2.39. The van der Waals surface area contributed by atoms with Gasteiger partial charge in [0.2, 0.25) is 0 Å². The third-order valence-electron chi connectivity index (χ3n) is 8.25. The second-order valence-electron chi connectivity index (χ2n) is 12.7. The number of piperidine rings is 1. The number of ether oxygens (including phenoxy) is 2. The summed E-state index contributed by atoms with van der Waals surface area (Å²) < 4.78 is 12.5. The summed E-state index contributed by atoms with van der Waals surface area (Å²) in [5.74, 6) is 2.19. The van der Waals surface area contributed by atoms with E-state index in [9.17, 15) is 9.59 Å². The van der Waals surface area contributed by atoms with E-state index in [1.165, 1.54) is 0 Å². The highest BCUT2D eigenvalue weighted by Crippen LogP contribution is 2.30. The maximum atomic E-state index is 13.2. The second kappa shape index (κ2) is 13.5. The van der Waals surface area contributed by atoms with Gasteiger partial charge in [-0.25, -0.2) is 9.48 Å². The molecule has 4 aromatic rings. The Hall–Kier alpha value is -4.79. The third-order valence-corrected chi connectivity index (χ3v) is 8.25. The predicted molar refractivity (Wildman–Crippen MR) is 178 cm³/mol. The number of aromatic nitrogens is 2. The molecule has 0 atom stereocenters. The number of likely N-dealkylation sites (tertiary alicyclic amines) is 1. The number of benzene rings is 3. The third kappa shape index (κ3) is 7.66. The lowest BCUT2D eigenvalue weighted by Gasteiger charge is -2.32. The van der Waals surface area contributed by atoms with Crippen LogP contribution in [0.15, 0.2) is 72.8 Å². The number of urea groups is 1. The first-order valence-corrected chi connectivity index (χ1v) is 15.4. The van der Waals surface area contributed by atoms with Crippen LogP contribution in [-0.4, -0.2) is 53.9 Å². The van der Waals surface area contributed by atoms with Crippen LogP contribution < -0.4 is 20.1 Å². The minimum atomic E-state index is -0.332. The lowest BCUT2D eigenvalue weighted by molar-refractivity contribution is 0.0687. The van der Waals surface area contributed by atoms with Gasteiger partial charge in [-0.1, -0.05) is 50.6 Å². The molecule has 0 unspecified atom stereocenters. The van der Waals surface area contributed by atoms with Gasteiger partial charge in [-0.2, -0.15) is 5.10 Å². The standard InChI is InChI=1S/C36H43N5O4/c1-24-10-12-28(13-11-24)41-33(23-32(39-41)36(2,3)4)38-35(43)37-27-9-7-8-26(21-27)20-25-16-18-40(19-17-25)34(42)30-15-14-29(44-5)22-31(30)45-6/h7-15,21-23,25H,16-20H2,1-6H3,(H2,37,38,43). The Balaban J connectivity index is 1.20. The van der Waals surface area contributed by atoms with Crippen molar-refractivity contribution in [1.29, 1.82) is 0 Å². The summed E-state index contributed by atoms with van der Waals surface area (Å²) in [4.78, 5) is 28.3. The molecule has 1 aliphatic heterocycles. The normalized spacial score (nSPS) is 13.8. The molecular weight excluding hydrogens is 566 g/mol. The van der Waals surface area contributed by atoms with Gasteiger partial charge >= 0.3 is 6.03 Å². The minimum absolute atomic E-state index is 0.0245. The predicted octanol–water partition coefficient (Wildman–Crippen LogP) is 7.23. The van der Waals surface area contributed by atoms with Crippen LogP contribution in [0.5, 0.6) is 11.5 Å². The minimum Gasteiger partial charge on any atom is -0.497 e. The van der Waals surface area contributed by atoms with E-state index >= 15 is 0 Å². The van der Waals surface area contributed by atoms with Crippen LogP contribution in [0.1, 0.15) is 60.8 Å². The first-order chi connectivity index (χ1) is 21.5. The van der Waals surface area contributed by atoms with Crippen LogP contribution in [0.3, 0.4) is 0 Å². The van der Waals surface area contributed by atoms with Crippen LogP contribution in [0, 0.1) is 12.8 Å². The number of amides is 3. The Bertz CT molecular complexity index is 1650. The zero-order chi connectivity index (χ0) is 32.1. The molecule has 0 aliphatic carbocycles. The van der Waals surface area contributed by atoms with Crippen molar-refractivity contribution >= 4 is 23.4 Å². The van der Waals surface area contributed by atoms with Crippen LogP contribution in [0.4, 0.5) is 16.3 Å². The van der Waals surface area contributed by atoms with Gasteiger partial charge in [0.15, 0.2) is 0 Å². The van der Waals surface area contributed by atoms with Gasteiger partial charge in [0, 0.05) is 36.3 Å². The molecule has 1 aromatic heterocycles. The van der Waals surface area contributed by atoms with Gasteiger partial charge in [0.1, 0.15) is 17.3 Å². The van der Waals surface area contributed by atoms with Crippen molar-refractivity contribution in [2.75, 3.05) is 37.9 Å². The molecule has 236 valence electrons. The average molecular weight is 610 g/mol. The summed E-state index contributed by atoms with van der Waals surface area (Å²) >= 11 is 0. The highest BCUT2D eigenvalue weighted by molar-refractivity contribution is 5.99. The molecule has 0 bridgehead atoms. The first-order valence-electron chi connectivity index (χ1n) is 15.4. The van der Waals surface area contributed by atoms with Crippen molar-refractivity contribution in [1.82, 2.24) is 14.7 Å². The van der Waals surface area contributed by atoms with E-state index in [0.717, 1.165) is 47.5 Å². The van der Waals surface area contributed by atoms with Crippen molar-refractivity contribution in [2.24, 2.45) is 5.92 Å². The summed E-state index contributed by atoms with van der Waals surface area (Å²) in [6.07, 6.45) is 2.68. The maximum Gasteiger partial charge on any atom is 0.324 e. The fourth-order valence-electron chi connectivity index (χ4n) is 5.59. The number of rotatable bonds is 8. The van der Waals surface area contributed by atoms with E-state index in [0.29, 0.717) is 41.9 Å². The van der Waals surface area contributed by atoms with Crippen LogP contribution >= 0.6 is 0 Å². The van der Waals surface area contributed by atoms with Crippen LogP contribution in [-0.2, 0) is 11.8 Å². The Morgan fingerprint density at radius 3 is 2.31 bits per heavy atom. The number of aryl methyl sites for hydroxylation is 1. The fourth-order valence-corrected chi connectivity index (χ4v) is 5.59. The van der Waals surface area contributed by atoms with Crippen LogP contribution in [0.25, 0.3) is 5.69 Å². The smallest absolute Gasteiger partial charge is 0.324 e. The van der Waals surface area contributed by atoms with Gasteiger partial charge in [0.25, 0.3) is 5.91 Å². The Morgan fingerprint density at radius 2 is 1.64 bits per heavy atom. The maximum absolute atomic E-state index is 13.2. The van der Waals surface area contributed by atoms with Gasteiger partial charge in [0.05, 0.1) is 31.2 Å². The largest absolute Gasteiger partial charge is 0.497 e. The molecule has 0 spiro atoms. The van der Waals surface area contributed by atoms with E-state index < -0.39 is 0 Å². The fraction of sp³-hybridized carbons (Fsp3) is 0.361. The summed E-state index contributed by atoms with van der Waals surface area (Å²) in [5, 5.41) is 10.8. The van der Waals surface area contributed by atoms with Crippen molar-refractivity contribution in [3.05, 3.63) is 95.2 Å². The molecule has 9 nitrogen and oxygen atoms in total. The molecule has 3 amide bonds. The lowest BCUT2D eigenvalue weighted by atomic mass is 9.89. The highest BCUT2D eigenvalue weighted by atomic mass is 16.5. The van der Waals surface area contributed by atoms with E-state index in [1.807, 2.05) is 60.4 Å². The summed E-state index contributed by atoms with van der Waals surface area (Å²) in [6, 6.07) is 22.9. The molecule has 2 heterocycles. The summed E-state index contributed by atoms with van der Waals surface area (Å²) in [6.45, 7) is 9.71. The van der Waals surface area contributed by atoms with Crippen molar-refractivity contribution in [3.8, 4) is 17.2 Å². The zero-order valence-electron chi connectivity index (χ0n) is 27.0. The molecule has 1 aliphatic rings. The van der Waals surface area contributed by atoms with Crippen molar-refractivity contribution < 1.29 is 19.1 Å². The van der Waals surface area contributed by atoms with Gasteiger partial charge in [-0.3, -0.25) is 10.1 Å². The number of nitrogens with zero attached hydrogens (tertiary/aromatic N) is 3. The highest BCUT2D eigenvalue weighted by Gasteiger charge is 2.26. The topological polar surface area (TPSA) is 97.7 Å². The zero-order valence-corrected chi connectivity index (χ0v) is 27.0.